The van der Waals surface area contributed by atoms with E-state index >= 15 is 0 Å². The summed E-state index contributed by atoms with van der Waals surface area (Å²) in [5.41, 5.74) is 0.755. The summed E-state index contributed by atoms with van der Waals surface area (Å²) >= 11 is 5.60. The van der Waals surface area contributed by atoms with Crippen LogP contribution in [0.25, 0.3) is 0 Å². The molecule has 0 aliphatic rings. The minimum atomic E-state index is -0.187. The van der Waals surface area contributed by atoms with Crippen molar-refractivity contribution < 1.29 is 9.53 Å². The standard InChI is InChI=1S/C12H16ClNO2/c1-3-16-11-6-4-10(5-7-11)14-12(15)9(2)8-13/h4-7,9H,3,8H2,1-2H3,(H,14,15). The molecule has 0 radical (unpaired) electrons. The van der Waals surface area contributed by atoms with Crippen LogP contribution in [-0.2, 0) is 4.79 Å². The first-order valence-corrected chi connectivity index (χ1v) is 5.80. The van der Waals surface area contributed by atoms with E-state index in [1.54, 1.807) is 6.92 Å². The molecule has 0 spiro atoms. The van der Waals surface area contributed by atoms with Gasteiger partial charge < -0.3 is 10.1 Å². The average molecular weight is 242 g/mol. The van der Waals surface area contributed by atoms with Crippen LogP contribution in [0.15, 0.2) is 24.3 Å². The average Bonchev–Trinajstić information content (AvgIpc) is 2.31. The Bertz CT molecular complexity index is 337. The molecule has 0 fully saturated rings. The minimum absolute atomic E-state index is 0.0702. The highest BCUT2D eigenvalue weighted by Crippen LogP contribution is 2.16. The molecule has 0 aliphatic carbocycles. The predicted octanol–water partition coefficient (Wildman–Crippen LogP) is 2.90. The summed E-state index contributed by atoms with van der Waals surface area (Å²) in [7, 11) is 0. The largest absolute Gasteiger partial charge is 0.494 e. The molecule has 3 nitrogen and oxygen atoms in total. The topological polar surface area (TPSA) is 38.3 Å². The second kappa shape index (κ2) is 6.38. The van der Waals surface area contributed by atoms with Gasteiger partial charge in [-0.15, -0.1) is 11.6 Å². The number of hydrogen-bond donors (Lipinski definition) is 1. The molecule has 1 aromatic carbocycles. The maximum Gasteiger partial charge on any atom is 0.228 e. The highest BCUT2D eigenvalue weighted by molar-refractivity contribution is 6.19. The van der Waals surface area contributed by atoms with Crippen molar-refractivity contribution >= 4 is 23.2 Å². The van der Waals surface area contributed by atoms with E-state index in [4.69, 9.17) is 16.3 Å². The van der Waals surface area contributed by atoms with E-state index in [1.165, 1.54) is 0 Å². The normalized spacial score (nSPS) is 11.9. The summed E-state index contributed by atoms with van der Waals surface area (Å²) in [5, 5.41) is 2.78. The van der Waals surface area contributed by atoms with Crippen LogP contribution in [0.2, 0.25) is 0 Å². The van der Waals surface area contributed by atoms with Crippen LogP contribution in [0.1, 0.15) is 13.8 Å². The quantitative estimate of drug-likeness (QED) is 0.805. The molecule has 88 valence electrons. The van der Waals surface area contributed by atoms with Crippen molar-refractivity contribution in [1.82, 2.24) is 0 Å². The third-order valence-electron chi connectivity index (χ3n) is 2.11. The smallest absolute Gasteiger partial charge is 0.228 e. The zero-order valence-corrected chi connectivity index (χ0v) is 10.3. The Hall–Kier alpha value is -1.22. The number of carbonyl (C=O) groups excluding carboxylic acids is 1. The van der Waals surface area contributed by atoms with Gasteiger partial charge in [0.25, 0.3) is 0 Å². The number of nitrogens with one attached hydrogen (secondary N) is 1. The lowest BCUT2D eigenvalue weighted by atomic mass is 10.2. The second-order valence-corrected chi connectivity index (χ2v) is 3.81. The maximum absolute atomic E-state index is 11.5. The van der Waals surface area contributed by atoms with E-state index in [1.807, 2.05) is 31.2 Å². The Labute approximate surface area is 101 Å². The predicted molar refractivity (Wildman–Crippen MR) is 66.1 cm³/mol. The molecule has 1 amide bonds. The Kier molecular flexibility index (Phi) is 5.12. The number of anilines is 1. The van der Waals surface area contributed by atoms with E-state index in [-0.39, 0.29) is 11.8 Å². The van der Waals surface area contributed by atoms with Gasteiger partial charge in [-0.1, -0.05) is 6.92 Å². The van der Waals surface area contributed by atoms with Crippen molar-refractivity contribution in [1.29, 1.82) is 0 Å². The zero-order valence-electron chi connectivity index (χ0n) is 9.50. The van der Waals surface area contributed by atoms with Crippen LogP contribution in [0.3, 0.4) is 0 Å². The molecule has 0 saturated carbocycles. The molecule has 1 atom stereocenters. The van der Waals surface area contributed by atoms with Gasteiger partial charge in [-0.3, -0.25) is 4.79 Å². The van der Waals surface area contributed by atoms with Crippen LogP contribution < -0.4 is 10.1 Å². The van der Waals surface area contributed by atoms with Crippen LogP contribution >= 0.6 is 11.6 Å². The number of alkyl halides is 1. The van der Waals surface area contributed by atoms with Crippen molar-refractivity contribution in [3.05, 3.63) is 24.3 Å². The number of ether oxygens (including phenoxy) is 1. The molecule has 4 heteroatoms. The molecule has 1 aromatic rings. The fourth-order valence-corrected chi connectivity index (χ4v) is 1.28. The molecule has 0 saturated heterocycles. The molecular formula is C12H16ClNO2. The third-order valence-corrected chi connectivity index (χ3v) is 2.57. The summed E-state index contributed by atoms with van der Waals surface area (Å²) in [6.45, 7) is 4.35. The van der Waals surface area contributed by atoms with Crippen molar-refractivity contribution in [3.63, 3.8) is 0 Å². The molecule has 0 aliphatic heterocycles. The molecule has 1 unspecified atom stereocenters. The summed E-state index contributed by atoms with van der Waals surface area (Å²) < 4.78 is 5.30. The van der Waals surface area contributed by atoms with Crippen LogP contribution in [0.5, 0.6) is 5.75 Å². The number of rotatable bonds is 5. The van der Waals surface area contributed by atoms with Crippen LogP contribution in [0.4, 0.5) is 5.69 Å². The van der Waals surface area contributed by atoms with Crippen LogP contribution in [0, 0.1) is 5.92 Å². The summed E-state index contributed by atoms with van der Waals surface area (Å²) in [6, 6.07) is 7.27. The van der Waals surface area contributed by atoms with Crippen molar-refractivity contribution in [2.45, 2.75) is 13.8 Å². The fourth-order valence-electron chi connectivity index (χ4n) is 1.14. The molecule has 0 bridgehead atoms. The maximum atomic E-state index is 11.5. The number of halogens is 1. The van der Waals surface area contributed by atoms with Crippen molar-refractivity contribution in [3.8, 4) is 5.75 Å². The summed E-state index contributed by atoms with van der Waals surface area (Å²) in [6.07, 6.45) is 0. The number of carbonyl (C=O) groups is 1. The van der Waals surface area contributed by atoms with E-state index in [0.717, 1.165) is 11.4 Å². The molecule has 0 aromatic heterocycles. The number of amides is 1. The molecule has 16 heavy (non-hydrogen) atoms. The first-order chi connectivity index (χ1) is 7.67. The van der Waals surface area contributed by atoms with Crippen molar-refractivity contribution in [2.75, 3.05) is 17.8 Å². The van der Waals surface area contributed by atoms with Gasteiger partial charge in [0, 0.05) is 17.5 Å². The zero-order chi connectivity index (χ0) is 12.0. The van der Waals surface area contributed by atoms with Gasteiger partial charge in [0.15, 0.2) is 0 Å². The Morgan fingerprint density at radius 2 is 2.06 bits per heavy atom. The Morgan fingerprint density at radius 3 is 2.56 bits per heavy atom. The van der Waals surface area contributed by atoms with Crippen LogP contribution in [-0.4, -0.2) is 18.4 Å². The highest BCUT2D eigenvalue weighted by atomic mass is 35.5. The number of hydrogen-bond acceptors (Lipinski definition) is 2. The fraction of sp³-hybridized carbons (Fsp3) is 0.417. The summed E-state index contributed by atoms with van der Waals surface area (Å²) in [5.74, 6) is 0.862. The Morgan fingerprint density at radius 1 is 1.44 bits per heavy atom. The first kappa shape index (κ1) is 12.8. The van der Waals surface area contributed by atoms with Gasteiger partial charge in [0.1, 0.15) is 5.75 Å². The lowest BCUT2D eigenvalue weighted by Gasteiger charge is -2.09. The molecular weight excluding hydrogens is 226 g/mol. The number of benzene rings is 1. The monoisotopic (exact) mass is 241 g/mol. The third kappa shape index (κ3) is 3.74. The van der Waals surface area contributed by atoms with Gasteiger partial charge in [-0.05, 0) is 31.2 Å². The van der Waals surface area contributed by atoms with Gasteiger partial charge in [-0.2, -0.15) is 0 Å². The lowest BCUT2D eigenvalue weighted by Crippen LogP contribution is -2.21. The van der Waals surface area contributed by atoms with Gasteiger partial charge in [0.2, 0.25) is 5.91 Å². The highest BCUT2D eigenvalue weighted by Gasteiger charge is 2.11. The van der Waals surface area contributed by atoms with Crippen molar-refractivity contribution in [2.24, 2.45) is 5.92 Å². The SMILES string of the molecule is CCOc1ccc(NC(=O)C(C)CCl)cc1. The molecule has 1 rings (SSSR count). The van der Waals surface area contributed by atoms with Gasteiger partial charge in [-0.25, -0.2) is 0 Å². The van der Waals surface area contributed by atoms with E-state index in [2.05, 4.69) is 5.32 Å². The Balaban J connectivity index is 2.58. The molecule has 0 heterocycles. The minimum Gasteiger partial charge on any atom is -0.494 e. The molecule has 1 N–H and O–H groups in total. The first-order valence-electron chi connectivity index (χ1n) is 5.27. The second-order valence-electron chi connectivity index (χ2n) is 3.50. The van der Waals surface area contributed by atoms with E-state index in [0.29, 0.717) is 12.5 Å². The van der Waals surface area contributed by atoms with Gasteiger partial charge in [0.05, 0.1) is 6.61 Å². The summed E-state index contributed by atoms with van der Waals surface area (Å²) in [4.78, 5) is 11.5. The van der Waals surface area contributed by atoms with E-state index < -0.39 is 0 Å². The van der Waals surface area contributed by atoms with Gasteiger partial charge >= 0.3 is 0 Å². The van der Waals surface area contributed by atoms with E-state index in [9.17, 15) is 4.79 Å². The lowest BCUT2D eigenvalue weighted by molar-refractivity contribution is -0.118.